The Morgan fingerprint density at radius 1 is 1.28 bits per heavy atom. The molecule has 0 atom stereocenters. The summed E-state index contributed by atoms with van der Waals surface area (Å²) in [6.45, 7) is -0.921. The Hall–Kier alpha value is -2.64. The van der Waals surface area contributed by atoms with Gasteiger partial charge in [-0.1, -0.05) is 11.6 Å². The summed E-state index contributed by atoms with van der Waals surface area (Å²) in [6, 6.07) is 0.573. The van der Waals surface area contributed by atoms with Gasteiger partial charge in [0.2, 0.25) is 5.82 Å². The predicted octanol–water partition coefficient (Wildman–Crippen LogP) is 4.32. The fourth-order valence-corrected chi connectivity index (χ4v) is 2.79. The number of methoxy groups -OCH3 is 1. The second-order valence-corrected chi connectivity index (χ2v) is 6.20. The van der Waals surface area contributed by atoms with E-state index in [9.17, 15) is 35.5 Å². The van der Waals surface area contributed by atoms with E-state index in [0.717, 1.165) is 14.2 Å². The molecule has 1 aliphatic rings. The lowest BCUT2D eigenvalue weighted by Crippen LogP contribution is -2.52. The zero-order chi connectivity index (χ0) is 21.9. The molecule has 0 unspecified atom stereocenters. The van der Waals surface area contributed by atoms with Gasteiger partial charge in [0.05, 0.1) is 12.1 Å². The maximum atomic E-state index is 13.6. The number of imidazole rings is 1. The SMILES string of the molecule is COC(=O)N(C)Cn1c(C(F)(F)F)nc2c(Cl)cc3c(c21)OC(F)(F)C(F)(F)O3. The van der Waals surface area contributed by atoms with E-state index >= 15 is 0 Å². The summed E-state index contributed by atoms with van der Waals surface area (Å²) in [5.41, 5.74) is -1.51. The molecule has 7 nitrogen and oxygen atoms in total. The van der Waals surface area contributed by atoms with Crippen LogP contribution in [0, 0.1) is 0 Å². The minimum atomic E-state index is -5.21. The summed E-state index contributed by atoms with van der Waals surface area (Å²) in [5.74, 6) is -3.83. The predicted molar refractivity (Wildman–Crippen MR) is 81.1 cm³/mol. The Morgan fingerprint density at radius 2 is 1.86 bits per heavy atom. The molecule has 0 fully saturated rings. The highest BCUT2D eigenvalue weighted by Crippen LogP contribution is 2.52. The topological polar surface area (TPSA) is 65.8 Å². The van der Waals surface area contributed by atoms with Gasteiger partial charge in [-0.2, -0.15) is 30.7 Å². The van der Waals surface area contributed by atoms with Gasteiger partial charge < -0.3 is 14.2 Å². The van der Waals surface area contributed by atoms with Gasteiger partial charge in [-0.15, -0.1) is 0 Å². The number of rotatable bonds is 2. The number of alkyl halides is 7. The van der Waals surface area contributed by atoms with Crippen molar-refractivity contribution in [2.45, 2.75) is 25.1 Å². The van der Waals surface area contributed by atoms with Crippen molar-refractivity contribution < 1.29 is 49.7 Å². The van der Waals surface area contributed by atoms with Crippen LogP contribution in [-0.2, 0) is 17.6 Å². The maximum Gasteiger partial charge on any atom is 0.507 e. The first-order chi connectivity index (χ1) is 13.2. The third kappa shape index (κ3) is 3.34. The van der Waals surface area contributed by atoms with Crippen LogP contribution in [0.2, 0.25) is 5.02 Å². The summed E-state index contributed by atoms with van der Waals surface area (Å²) in [7, 11) is 1.99. The number of amides is 1. The summed E-state index contributed by atoms with van der Waals surface area (Å²) in [4.78, 5) is 15.5. The average molecular weight is 452 g/mol. The van der Waals surface area contributed by atoms with Crippen LogP contribution in [0.15, 0.2) is 6.07 Å². The molecule has 0 saturated carbocycles. The average Bonchev–Trinajstić information content (AvgIpc) is 2.96. The molecule has 2 aromatic rings. The highest BCUT2D eigenvalue weighted by Gasteiger charge is 2.66. The van der Waals surface area contributed by atoms with Crippen LogP contribution in [0.5, 0.6) is 11.5 Å². The minimum absolute atomic E-state index is 0.250. The monoisotopic (exact) mass is 451 g/mol. The molecule has 160 valence electrons. The summed E-state index contributed by atoms with van der Waals surface area (Å²) in [6.07, 6.45) is -16.5. The number of benzene rings is 1. The van der Waals surface area contributed by atoms with Gasteiger partial charge >= 0.3 is 24.5 Å². The number of hydrogen-bond donors (Lipinski definition) is 0. The van der Waals surface area contributed by atoms with Crippen LogP contribution in [0.1, 0.15) is 5.82 Å². The van der Waals surface area contributed by atoms with Gasteiger partial charge in [0.1, 0.15) is 17.7 Å². The van der Waals surface area contributed by atoms with Crippen molar-refractivity contribution in [3.05, 3.63) is 16.9 Å². The number of aromatic nitrogens is 2. The van der Waals surface area contributed by atoms with Crippen molar-refractivity contribution in [1.82, 2.24) is 14.5 Å². The van der Waals surface area contributed by atoms with Crippen LogP contribution in [0.25, 0.3) is 11.0 Å². The summed E-state index contributed by atoms with van der Waals surface area (Å²) in [5, 5.41) is -0.603. The Morgan fingerprint density at radius 3 is 2.41 bits per heavy atom. The van der Waals surface area contributed by atoms with Crippen molar-refractivity contribution in [2.24, 2.45) is 0 Å². The van der Waals surface area contributed by atoms with Crippen LogP contribution in [-0.4, -0.2) is 46.9 Å². The molecule has 0 saturated heterocycles. The van der Waals surface area contributed by atoms with E-state index in [1.807, 2.05) is 0 Å². The fraction of sp³-hybridized carbons (Fsp3) is 0.429. The fourth-order valence-electron chi connectivity index (χ4n) is 2.55. The quantitative estimate of drug-likeness (QED) is 0.636. The number of fused-ring (bicyclic) bond motifs is 3. The van der Waals surface area contributed by atoms with E-state index in [4.69, 9.17) is 11.6 Å². The largest absolute Gasteiger partial charge is 0.507 e. The number of ether oxygens (including phenoxy) is 3. The third-order valence-corrected chi connectivity index (χ3v) is 4.08. The van der Waals surface area contributed by atoms with Gasteiger partial charge in [-0.3, -0.25) is 9.47 Å². The second-order valence-electron chi connectivity index (χ2n) is 5.79. The van der Waals surface area contributed by atoms with E-state index in [1.165, 1.54) is 0 Å². The molecule has 0 radical (unpaired) electrons. The van der Waals surface area contributed by atoms with E-state index in [2.05, 4.69) is 19.2 Å². The third-order valence-electron chi connectivity index (χ3n) is 3.79. The molecular formula is C14H9ClF7N3O4. The van der Waals surface area contributed by atoms with Crippen molar-refractivity contribution >= 4 is 28.7 Å². The lowest BCUT2D eigenvalue weighted by atomic mass is 10.2. The number of hydrogen-bond acceptors (Lipinski definition) is 5. The molecule has 1 aliphatic heterocycles. The van der Waals surface area contributed by atoms with Crippen molar-refractivity contribution in [1.29, 1.82) is 0 Å². The molecule has 15 heteroatoms. The molecule has 1 amide bonds. The maximum absolute atomic E-state index is 13.6. The van der Waals surface area contributed by atoms with Gasteiger partial charge in [0.15, 0.2) is 11.5 Å². The molecule has 1 aromatic heterocycles. The smallest absolute Gasteiger partial charge is 0.453 e. The molecule has 0 bridgehead atoms. The molecule has 0 N–H and O–H groups in total. The number of carbonyl (C=O) groups is 1. The van der Waals surface area contributed by atoms with E-state index in [1.54, 1.807) is 0 Å². The Balaban J connectivity index is 2.32. The Labute approximate surface area is 161 Å². The molecular weight excluding hydrogens is 443 g/mol. The lowest BCUT2D eigenvalue weighted by molar-refractivity contribution is -0.391. The number of halogens is 8. The second kappa shape index (κ2) is 6.43. The van der Waals surface area contributed by atoms with Gasteiger partial charge in [0, 0.05) is 13.1 Å². The van der Waals surface area contributed by atoms with E-state index in [-0.39, 0.29) is 4.57 Å². The molecule has 29 heavy (non-hydrogen) atoms. The first kappa shape index (κ1) is 21.1. The molecule has 0 spiro atoms. The zero-order valence-electron chi connectivity index (χ0n) is 14.3. The first-order valence-electron chi connectivity index (χ1n) is 7.42. The van der Waals surface area contributed by atoms with Crippen molar-refractivity contribution in [3.63, 3.8) is 0 Å². The van der Waals surface area contributed by atoms with Gasteiger partial charge in [-0.05, 0) is 0 Å². The molecule has 0 aliphatic carbocycles. The molecule has 3 rings (SSSR count). The Kier molecular flexibility index (Phi) is 4.68. The van der Waals surface area contributed by atoms with Crippen LogP contribution < -0.4 is 9.47 Å². The highest BCUT2D eigenvalue weighted by molar-refractivity contribution is 6.35. The molecule has 2 heterocycles. The Bertz CT molecular complexity index is 992. The normalized spacial score (nSPS) is 17.3. The van der Waals surface area contributed by atoms with E-state index < -0.39 is 64.5 Å². The van der Waals surface area contributed by atoms with Crippen LogP contribution >= 0.6 is 11.6 Å². The summed E-state index contributed by atoms with van der Waals surface area (Å²) < 4.78 is 107. The lowest BCUT2D eigenvalue weighted by Gasteiger charge is -2.32. The molecule has 1 aromatic carbocycles. The van der Waals surface area contributed by atoms with Gasteiger partial charge in [-0.25, -0.2) is 9.78 Å². The number of carbonyl (C=O) groups excluding carboxylic acids is 1. The summed E-state index contributed by atoms with van der Waals surface area (Å²) >= 11 is 5.80. The standard InChI is InChI=1S/C14H9ClF7N3O4/c1-24(11(26)27-2)4-25-8-7(23-10(25)12(16,17)18)5(15)3-6-9(8)29-14(21,22)13(19,20)28-6/h3H,4H2,1-2H3. The van der Waals surface area contributed by atoms with Crippen LogP contribution in [0.4, 0.5) is 35.5 Å². The highest BCUT2D eigenvalue weighted by atomic mass is 35.5. The minimum Gasteiger partial charge on any atom is -0.453 e. The van der Waals surface area contributed by atoms with Gasteiger partial charge in [0.25, 0.3) is 0 Å². The zero-order valence-corrected chi connectivity index (χ0v) is 15.0. The van der Waals surface area contributed by atoms with E-state index in [0.29, 0.717) is 11.0 Å². The van der Waals surface area contributed by atoms with Crippen LogP contribution in [0.3, 0.4) is 0 Å². The van der Waals surface area contributed by atoms with Crippen molar-refractivity contribution in [3.8, 4) is 11.5 Å². The number of nitrogens with zero attached hydrogens (tertiary/aromatic N) is 3. The first-order valence-corrected chi connectivity index (χ1v) is 7.80. The van der Waals surface area contributed by atoms with Crippen molar-refractivity contribution in [2.75, 3.05) is 14.2 Å².